The van der Waals surface area contributed by atoms with E-state index in [-0.39, 0.29) is 37.7 Å². The minimum absolute atomic E-state index is 0.154. The molecule has 3 N–H and O–H groups in total. The second-order valence-corrected chi connectivity index (χ2v) is 8.86. The van der Waals surface area contributed by atoms with Crippen LogP contribution in [0.3, 0.4) is 0 Å². The molecule has 2 heterocycles. The number of piperidine rings is 1. The van der Waals surface area contributed by atoms with Crippen molar-refractivity contribution < 1.29 is 33.1 Å². The number of hydrogen-bond acceptors (Lipinski definition) is 5. The van der Waals surface area contributed by atoms with Crippen LogP contribution < -0.4 is 10.6 Å². The van der Waals surface area contributed by atoms with Crippen molar-refractivity contribution in [3.8, 4) is 0 Å². The van der Waals surface area contributed by atoms with Crippen LogP contribution in [0.15, 0.2) is 23.3 Å². The number of carbonyl (C=O) groups excluding carboxylic acids is 4. The number of halogens is 2. The molecule has 0 radical (unpaired) electrons. The third-order valence-electron chi connectivity index (χ3n) is 5.88. The van der Waals surface area contributed by atoms with Crippen molar-refractivity contribution in [1.29, 1.82) is 0 Å². The summed E-state index contributed by atoms with van der Waals surface area (Å²) in [5.41, 5.74) is -2.01. The van der Waals surface area contributed by atoms with Gasteiger partial charge < -0.3 is 15.3 Å². The molecular weight excluding hydrogens is 400 g/mol. The van der Waals surface area contributed by atoms with E-state index in [4.69, 9.17) is 0 Å². The molecule has 0 aromatic carbocycles. The third kappa shape index (κ3) is 3.76. The van der Waals surface area contributed by atoms with E-state index in [0.29, 0.717) is 17.6 Å². The Morgan fingerprint density at radius 2 is 2.00 bits per heavy atom. The van der Waals surface area contributed by atoms with E-state index in [1.807, 2.05) is 6.92 Å². The normalized spacial score (nSPS) is 27.3. The second-order valence-electron chi connectivity index (χ2n) is 8.86. The number of imide groups is 1. The van der Waals surface area contributed by atoms with Gasteiger partial charge in [0, 0.05) is 30.5 Å². The van der Waals surface area contributed by atoms with Gasteiger partial charge in [-0.2, -0.15) is 8.78 Å². The van der Waals surface area contributed by atoms with Crippen molar-refractivity contribution in [2.45, 2.75) is 57.6 Å². The van der Waals surface area contributed by atoms with Crippen LogP contribution in [-0.4, -0.2) is 64.3 Å². The lowest BCUT2D eigenvalue weighted by Gasteiger charge is -2.32. The molecule has 2 saturated heterocycles. The zero-order chi connectivity index (χ0) is 22.5. The molecule has 0 saturated carbocycles. The SMILES string of the molecule is CC12CC(CNC(=O)C(F)(F)C(C)(C)O)=CC=C1C(=O)N(C1CCC(=O)NC1=O)C2. The highest BCUT2D eigenvalue weighted by Crippen LogP contribution is 2.45. The zero-order valence-electron chi connectivity index (χ0n) is 17.1. The van der Waals surface area contributed by atoms with Crippen LogP contribution in [0.2, 0.25) is 0 Å². The minimum Gasteiger partial charge on any atom is -0.384 e. The van der Waals surface area contributed by atoms with Crippen LogP contribution in [0, 0.1) is 5.41 Å². The Balaban J connectivity index is 1.68. The second kappa shape index (κ2) is 7.26. The number of likely N-dealkylation sites (tertiary alicyclic amines) is 1. The number of fused-ring (bicyclic) bond motifs is 1. The maximum Gasteiger partial charge on any atom is 0.351 e. The Labute approximate surface area is 172 Å². The van der Waals surface area contributed by atoms with Crippen LogP contribution in [0.5, 0.6) is 0 Å². The number of carbonyl (C=O) groups is 4. The third-order valence-corrected chi connectivity index (χ3v) is 5.88. The van der Waals surface area contributed by atoms with Crippen LogP contribution >= 0.6 is 0 Å². The number of amides is 4. The van der Waals surface area contributed by atoms with Gasteiger partial charge in [0.2, 0.25) is 11.8 Å². The predicted molar refractivity (Wildman–Crippen MR) is 101 cm³/mol. The number of nitrogens with one attached hydrogen (secondary N) is 2. The zero-order valence-corrected chi connectivity index (χ0v) is 17.1. The first-order valence-electron chi connectivity index (χ1n) is 9.70. The first kappa shape index (κ1) is 22.1. The largest absolute Gasteiger partial charge is 0.384 e. The van der Waals surface area contributed by atoms with Crippen LogP contribution in [0.1, 0.15) is 40.0 Å². The van der Waals surface area contributed by atoms with Gasteiger partial charge in [0.25, 0.3) is 11.8 Å². The number of allylic oxidation sites excluding steroid dienone is 2. The summed E-state index contributed by atoms with van der Waals surface area (Å²) in [6.45, 7) is 3.64. The molecule has 0 aromatic heterocycles. The van der Waals surface area contributed by atoms with E-state index in [0.717, 1.165) is 13.8 Å². The molecule has 8 nitrogen and oxygen atoms in total. The summed E-state index contributed by atoms with van der Waals surface area (Å²) in [4.78, 5) is 49.7. The molecular formula is C20H25F2N3O5. The fourth-order valence-electron chi connectivity index (χ4n) is 4.07. The average Bonchev–Trinajstić information content (AvgIpc) is 2.89. The van der Waals surface area contributed by atoms with Crippen molar-refractivity contribution in [1.82, 2.24) is 15.5 Å². The van der Waals surface area contributed by atoms with Gasteiger partial charge in [-0.05, 0) is 26.7 Å². The summed E-state index contributed by atoms with van der Waals surface area (Å²) < 4.78 is 27.9. The number of aliphatic hydroxyl groups is 1. The smallest absolute Gasteiger partial charge is 0.351 e. The van der Waals surface area contributed by atoms with Gasteiger partial charge in [0.1, 0.15) is 11.6 Å². The summed E-state index contributed by atoms with van der Waals surface area (Å²) in [6, 6.07) is -0.729. The minimum atomic E-state index is -3.96. The van der Waals surface area contributed by atoms with Gasteiger partial charge in [-0.1, -0.05) is 24.6 Å². The highest BCUT2D eigenvalue weighted by molar-refractivity contribution is 6.05. The molecule has 1 aliphatic carbocycles. The lowest BCUT2D eigenvalue weighted by Crippen LogP contribution is -2.54. The summed E-state index contributed by atoms with van der Waals surface area (Å²) in [6.07, 6.45) is 3.94. The highest BCUT2D eigenvalue weighted by Gasteiger charge is 2.53. The van der Waals surface area contributed by atoms with Gasteiger partial charge >= 0.3 is 5.92 Å². The van der Waals surface area contributed by atoms with Gasteiger partial charge in [0.15, 0.2) is 0 Å². The highest BCUT2D eigenvalue weighted by atomic mass is 19.3. The molecule has 10 heteroatoms. The van der Waals surface area contributed by atoms with Crippen LogP contribution in [0.25, 0.3) is 0 Å². The fourth-order valence-corrected chi connectivity index (χ4v) is 4.07. The molecule has 2 aliphatic heterocycles. The lowest BCUT2D eigenvalue weighted by molar-refractivity contribution is -0.182. The van der Waals surface area contributed by atoms with Gasteiger partial charge in [-0.3, -0.25) is 24.5 Å². The number of rotatable bonds is 5. The maximum atomic E-state index is 13.9. The maximum absolute atomic E-state index is 13.9. The van der Waals surface area contributed by atoms with Crippen molar-refractivity contribution in [2.75, 3.05) is 13.1 Å². The molecule has 2 atom stereocenters. The van der Waals surface area contributed by atoms with E-state index in [2.05, 4.69) is 10.6 Å². The fraction of sp³-hybridized carbons (Fsp3) is 0.600. The summed E-state index contributed by atoms with van der Waals surface area (Å²) >= 11 is 0. The number of alkyl halides is 2. The van der Waals surface area contributed by atoms with Gasteiger partial charge in [-0.25, -0.2) is 0 Å². The Hall–Kier alpha value is -2.62. The van der Waals surface area contributed by atoms with E-state index >= 15 is 0 Å². The van der Waals surface area contributed by atoms with Crippen molar-refractivity contribution in [3.63, 3.8) is 0 Å². The molecule has 164 valence electrons. The Morgan fingerprint density at radius 3 is 2.60 bits per heavy atom. The molecule has 3 rings (SSSR count). The molecule has 0 aromatic rings. The summed E-state index contributed by atoms with van der Waals surface area (Å²) in [7, 11) is 0. The average molecular weight is 425 g/mol. The standard InChI is InChI=1S/C20H25F2N3O5/c1-18(2,30)20(21,22)17(29)23-9-11-4-5-12-16(28)25(10-19(12,3)8-11)13-6-7-14(26)24-15(13)27/h4-5,13,30H,6-10H2,1-3H3,(H,23,29)(H,24,26,27). The predicted octanol–water partition coefficient (Wildman–Crippen LogP) is 0.419. The van der Waals surface area contributed by atoms with Gasteiger partial charge in [-0.15, -0.1) is 0 Å². The van der Waals surface area contributed by atoms with Gasteiger partial charge in [0.05, 0.1) is 0 Å². The van der Waals surface area contributed by atoms with E-state index in [1.54, 1.807) is 12.2 Å². The Bertz CT molecular complexity index is 874. The number of hydrogen-bond donors (Lipinski definition) is 3. The Morgan fingerprint density at radius 1 is 1.33 bits per heavy atom. The summed E-state index contributed by atoms with van der Waals surface area (Å²) in [5, 5.41) is 13.9. The molecule has 2 unspecified atom stereocenters. The molecule has 3 aliphatic rings. The van der Waals surface area contributed by atoms with Crippen molar-refractivity contribution in [3.05, 3.63) is 23.3 Å². The van der Waals surface area contributed by atoms with Crippen molar-refractivity contribution in [2.24, 2.45) is 5.41 Å². The Kier molecular flexibility index (Phi) is 5.34. The molecule has 0 bridgehead atoms. The van der Waals surface area contributed by atoms with E-state index < -0.39 is 34.8 Å². The van der Waals surface area contributed by atoms with Crippen molar-refractivity contribution >= 4 is 23.6 Å². The summed E-state index contributed by atoms with van der Waals surface area (Å²) in [5.74, 6) is -6.70. The monoisotopic (exact) mass is 425 g/mol. The quantitative estimate of drug-likeness (QED) is 0.552. The molecule has 4 amide bonds. The van der Waals surface area contributed by atoms with Crippen LogP contribution in [-0.2, 0) is 19.2 Å². The van der Waals surface area contributed by atoms with Crippen LogP contribution in [0.4, 0.5) is 8.78 Å². The molecule has 2 fully saturated rings. The first-order valence-corrected chi connectivity index (χ1v) is 9.70. The first-order chi connectivity index (χ1) is 13.8. The molecule has 30 heavy (non-hydrogen) atoms. The topological polar surface area (TPSA) is 116 Å². The molecule has 0 spiro atoms. The van der Waals surface area contributed by atoms with E-state index in [1.165, 1.54) is 4.90 Å². The number of nitrogens with zero attached hydrogens (tertiary/aromatic N) is 1. The lowest BCUT2D eigenvalue weighted by atomic mass is 9.75. The van der Waals surface area contributed by atoms with E-state index in [9.17, 15) is 33.1 Å².